The summed E-state index contributed by atoms with van der Waals surface area (Å²) in [7, 11) is 2.00. The van der Waals surface area contributed by atoms with Crippen LogP contribution in [0.25, 0.3) is 5.69 Å². The molecular formula is C23H30N6O2. The quantitative estimate of drug-likeness (QED) is 0.314. The molecule has 0 saturated heterocycles. The summed E-state index contributed by atoms with van der Waals surface area (Å²) in [5.41, 5.74) is 2.96. The number of amides is 1. The Kier molecular flexibility index (Phi) is 7.86. The molecule has 0 saturated carbocycles. The van der Waals surface area contributed by atoms with Crippen LogP contribution in [0.5, 0.6) is 0 Å². The lowest BCUT2D eigenvalue weighted by Crippen LogP contribution is -2.38. The van der Waals surface area contributed by atoms with Crippen molar-refractivity contribution in [3.05, 3.63) is 71.9 Å². The highest BCUT2D eigenvalue weighted by molar-refractivity contribution is 5.92. The molecule has 2 aromatic heterocycles. The van der Waals surface area contributed by atoms with Crippen LogP contribution in [-0.4, -0.2) is 53.2 Å². The van der Waals surface area contributed by atoms with Gasteiger partial charge < -0.3 is 20.0 Å². The van der Waals surface area contributed by atoms with Crippen LogP contribution in [0.3, 0.4) is 0 Å². The minimum absolute atomic E-state index is 0.189. The highest BCUT2D eigenvalue weighted by atomic mass is 16.3. The van der Waals surface area contributed by atoms with Crippen molar-refractivity contribution >= 4 is 11.9 Å². The average molecular weight is 423 g/mol. The number of rotatable bonds is 9. The molecule has 0 spiro atoms. The molecule has 0 aliphatic rings. The minimum atomic E-state index is -0.189. The zero-order valence-corrected chi connectivity index (χ0v) is 18.3. The number of aryl methyl sites for hydroxylation is 1. The predicted octanol–water partition coefficient (Wildman–Crippen LogP) is 2.99. The fourth-order valence-electron chi connectivity index (χ4n) is 3.13. The molecule has 8 nitrogen and oxygen atoms in total. The number of aliphatic imine (C=N–C) groups is 1. The molecule has 8 heteroatoms. The normalized spacial score (nSPS) is 11.4. The Bertz CT molecular complexity index is 992. The van der Waals surface area contributed by atoms with E-state index in [2.05, 4.69) is 25.6 Å². The molecule has 0 unspecified atom stereocenters. The standard InChI is InChI=1S/C23H30N6O2/c1-4-24-23(26-13-8-12-25-22(30)21-18(2)11-14-31-21)28(3)16-19-15-27-29(17-19)20-9-6-5-7-10-20/h5-7,9-11,14-15,17H,4,8,12-13,16H2,1-3H3,(H,24,26)(H,25,30). The summed E-state index contributed by atoms with van der Waals surface area (Å²) in [5.74, 6) is 1.00. The number of carbonyl (C=O) groups excluding carboxylic acids is 1. The lowest BCUT2D eigenvalue weighted by molar-refractivity contribution is 0.0925. The first-order valence-electron chi connectivity index (χ1n) is 10.5. The van der Waals surface area contributed by atoms with Crippen LogP contribution in [0.4, 0.5) is 0 Å². The van der Waals surface area contributed by atoms with Crippen LogP contribution in [-0.2, 0) is 6.54 Å². The summed E-state index contributed by atoms with van der Waals surface area (Å²) in [6, 6.07) is 11.8. The van der Waals surface area contributed by atoms with Gasteiger partial charge in [0.15, 0.2) is 11.7 Å². The third kappa shape index (κ3) is 6.21. The molecule has 2 N–H and O–H groups in total. The van der Waals surface area contributed by atoms with Gasteiger partial charge in [-0.1, -0.05) is 18.2 Å². The summed E-state index contributed by atoms with van der Waals surface area (Å²) in [5, 5.41) is 10.6. The van der Waals surface area contributed by atoms with Crippen molar-refractivity contribution in [3.63, 3.8) is 0 Å². The monoisotopic (exact) mass is 422 g/mol. The van der Waals surface area contributed by atoms with Crippen molar-refractivity contribution in [1.82, 2.24) is 25.3 Å². The second kappa shape index (κ2) is 11.0. The van der Waals surface area contributed by atoms with Gasteiger partial charge >= 0.3 is 0 Å². The Morgan fingerprint density at radius 2 is 2.03 bits per heavy atom. The van der Waals surface area contributed by atoms with E-state index in [1.807, 2.05) is 68.3 Å². The topological polar surface area (TPSA) is 87.7 Å². The van der Waals surface area contributed by atoms with Crippen LogP contribution in [0, 0.1) is 6.92 Å². The predicted molar refractivity (Wildman–Crippen MR) is 121 cm³/mol. The maximum Gasteiger partial charge on any atom is 0.287 e. The molecule has 0 aliphatic heterocycles. The molecule has 0 aliphatic carbocycles. The first-order valence-corrected chi connectivity index (χ1v) is 10.5. The maximum atomic E-state index is 12.1. The number of furan rings is 1. The number of nitrogens with zero attached hydrogens (tertiary/aromatic N) is 4. The maximum absolute atomic E-state index is 12.1. The Balaban J connectivity index is 1.50. The second-order valence-electron chi connectivity index (χ2n) is 7.26. The number of hydrogen-bond donors (Lipinski definition) is 2. The van der Waals surface area contributed by atoms with Gasteiger partial charge in [-0.15, -0.1) is 0 Å². The van der Waals surface area contributed by atoms with Gasteiger partial charge in [-0.3, -0.25) is 9.79 Å². The number of aromatic nitrogens is 2. The molecule has 3 rings (SSSR count). The van der Waals surface area contributed by atoms with E-state index >= 15 is 0 Å². The lowest BCUT2D eigenvalue weighted by Gasteiger charge is -2.21. The summed E-state index contributed by atoms with van der Waals surface area (Å²) >= 11 is 0. The highest BCUT2D eigenvalue weighted by Crippen LogP contribution is 2.10. The molecule has 0 atom stereocenters. The zero-order chi connectivity index (χ0) is 22.1. The van der Waals surface area contributed by atoms with E-state index in [0.717, 1.165) is 35.7 Å². The van der Waals surface area contributed by atoms with Gasteiger partial charge in [0, 0.05) is 50.6 Å². The summed E-state index contributed by atoms with van der Waals surface area (Å²) in [4.78, 5) is 18.8. The molecule has 0 bridgehead atoms. The van der Waals surface area contributed by atoms with Crippen LogP contribution >= 0.6 is 0 Å². The average Bonchev–Trinajstić information content (AvgIpc) is 3.42. The molecule has 0 radical (unpaired) electrons. The number of carbonyl (C=O) groups is 1. The van der Waals surface area contributed by atoms with Crippen LogP contribution < -0.4 is 10.6 Å². The molecule has 1 amide bonds. The van der Waals surface area contributed by atoms with Gasteiger partial charge in [0.2, 0.25) is 0 Å². The largest absolute Gasteiger partial charge is 0.459 e. The third-order valence-electron chi connectivity index (χ3n) is 4.72. The van der Waals surface area contributed by atoms with E-state index in [1.54, 1.807) is 6.07 Å². The zero-order valence-electron chi connectivity index (χ0n) is 18.3. The van der Waals surface area contributed by atoms with E-state index in [4.69, 9.17) is 4.42 Å². The van der Waals surface area contributed by atoms with Crippen LogP contribution in [0.1, 0.15) is 35.0 Å². The van der Waals surface area contributed by atoms with Gasteiger partial charge in [0.1, 0.15) is 0 Å². The van der Waals surface area contributed by atoms with Crippen molar-refractivity contribution in [2.45, 2.75) is 26.8 Å². The highest BCUT2D eigenvalue weighted by Gasteiger charge is 2.12. The summed E-state index contributed by atoms with van der Waals surface area (Å²) in [6.45, 7) is 6.50. The third-order valence-corrected chi connectivity index (χ3v) is 4.72. The van der Waals surface area contributed by atoms with Gasteiger partial charge in [0.25, 0.3) is 5.91 Å². The Labute approximate surface area is 183 Å². The van der Waals surface area contributed by atoms with Gasteiger partial charge in [-0.2, -0.15) is 5.10 Å². The number of benzene rings is 1. The molecule has 1 aromatic carbocycles. The first kappa shape index (κ1) is 22.1. The van der Waals surface area contributed by atoms with Crippen molar-refractivity contribution in [1.29, 1.82) is 0 Å². The van der Waals surface area contributed by atoms with Crippen molar-refractivity contribution in [2.75, 3.05) is 26.7 Å². The molecule has 3 aromatic rings. The van der Waals surface area contributed by atoms with E-state index in [0.29, 0.717) is 25.4 Å². The second-order valence-corrected chi connectivity index (χ2v) is 7.26. The van der Waals surface area contributed by atoms with Gasteiger partial charge in [0.05, 0.1) is 18.1 Å². The molecule has 2 heterocycles. The lowest BCUT2D eigenvalue weighted by atomic mass is 10.2. The van der Waals surface area contributed by atoms with Gasteiger partial charge in [-0.05, 0) is 38.5 Å². The van der Waals surface area contributed by atoms with Crippen molar-refractivity contribution < 1.29 is 9.21 Å². The van der Waals surface area contributed by atoms with Gasteiger partial charge in [-0.25, -0.2) is 4.68 Å². The van der Waals surface area contributed by atoms with E-state index in [-0.39, 0.29) is 5.91 Å². The smallest absolute Gasteiger partial charge is 0.287 e. The Morgan fingerprint density at radius 1 is 1.23 bits per heavy atom. The molecular weight excluding hydrogens is 392 g/mol. The SMILES string of the molecule is CCNC(=NCCCNC(=O)c1occc1C)N(C)Cc1cnn(-c2ccccc2)c1. The number of nitrogens with one attached hydrogen (secondary N) is 2. The Hall–Kier alpha value is -3.55. The van der Waals surface area contributed by atoms with E-state index in [1.165, 1.54) is 6.26 Å². The van der Waals surface area contributed by atoms with Crippen LogP contribution in [0.15, 0.2) is 64.5 Å². The van der Waals surface area contributed by atoms with E-state index in [9.17, 15) is 4.79 Å². The summed E-state index contributed by atoms with van der Waals surface area (Å²) in [6.07, 6.45) is 6.16. The molecule has 164 valence electrons. The number of guanidine groups is 1. The molecule has 31 heavy (non-hydrogen) atoms. The molecule has 0 fully saturated rings. The minimum Gasteiger partial charge on any atom is -0.459 e. The Morgan fingerprint density at radius 3 is 2.74 bits per heavy atom. The number of para-hydroxylation sites is 1. The summed E-state index contributed by atoms with van der Waals surface area (Å²) < 4.78 is 7.08. The number of hydrogen-bond acceptors (Lipinski definition) is 4. The van der Waals surface area contributed by atoms with Crippen LogP contribution in [0.2, 0.25) is 0 Å². The fraction of sp³-hybridized carbons (Fsp3) is 0.348. The fourth-order valence-corrected chi connectivity index (χ4v) is 3.13. The van der Waals surface area contributed by atoms with Crippen molar-refractivity contribution in [2.24, 2.45) is 4.99 Å². The first-order chi connectivity index (χ1) is 15.1. The van der Waals surface area contributed by atoms with E-state index < -0.39 is 0 Å². The van der Waals surface area contributed by atoms with Crippen molar-refractivity contribution in [3.8, 4) is 5.69 Å².